The Kier molecular flexibility index (Phi) is 4.15. The number of ether oxygens (including phenoxy) is 2. The van der Waals surface area contributed by atoms with Gasteiger partial charge in [-0.2, -0.15) is 0 Å². The fraction of sp³-hybridized carbons (Fsp3) is 0.348. The van der Waals surface area contributed by atoms with E-state index in [9.17, 15) is 14.4 Å². The second-order valence-electron chi connectivity index (χ2n) is 8.02. The minimum Gasteiger partial charge on any atom is -0.497 e. The number of nitrogens with zero attached hydrogens (tertiary/aromatic N) is 1. The first-order chi connectivity index (χ1) is 14.1. The molecular weight excluding hydrogens is 370 g/mol. The van der Waals surface area contributed by atoms with Gasteiger partial charge in [-0.15, -0.1) is 0 Å². The van der Waals surface area contributed by atoms with E-state index in [2.05, 4.69) is 0 Å². The van der Waals surface area contributed by atoms with Gasteiger partial charge in [0.2, 0.25) is 11.8 Å². The third-order valence-corrected chi connectivity index (χ3v) is 6.52. The molecule has 1 heterocycles. The SMILES string of the molecule is COc1cccc(C(=O)Oc2cccc(N3C(=O)[C@@H]4[C@H]5CC[C@@H](C5)[C@H]4C3=O)c2)c1. The standard InChI is InChI=1S/C23H21NO5/c1-28-17-6-2-4-15(11-17)23(27)29-18-7-3-5-16(12-18)24-21(25)19-13-8-9-14(10-13)20(19)22(24)26/h2-7,11-14,19-20H,8-10H2,1H3/t13-,14-,19+,20+/m0/s1. The highest BCUT2D eigenvalue weighted by Gasteiger charge is 2.61. The Morgan fingerprint density at radius 3 is 2.28 bits per heavy atom. The van der Waals surface area contributed by atoms with Gasteiger partial charge in [0.1, 0.15) is 11.5 Å². The van der Waals surface area contributed by atoms with Crippen LogP contribution in [-0.2, 0) is 9.59 Å². The van der Waals surface area contributed by atoms with E-state index in [1.54, 1.807) is 48.5 Å². The molecule has 0 N–H and O–H groups in total. The number of amides is 2. The molecule has 6 heteroatoms. The van der Waals surface area contributed by atoms with Crippen molar-refractivity contribution in [2.75, 3.05) is 12.0 Å². The molecule has 1 aliphatic heterocycles. The minimum atomic E-state index is -0.532. The maximum atomic E-state index is 13.0. The quantitative estimate of drug-likeness (QED) is 0.453. The van der Waals surface area contributed by atoms with Gasteiger partial charge in [-0.25, -0.2) is 9.69 Å². The van der Waals surface area contributed by atoms with E-state index < -0.39 is 5.97 Å². The van der Waals surface area contributed by atoms with Crippen molar-refractivity contribution in [3.63, 3.8) is 0 Å². The minimum absolute atomic E-state index is 0.108. The third-order valence-electron chi connectivity index (χ3n) is 6.52. The molecule has 0 radical (unpaired) electrons. The van der Waals surface area contributed by atoms with Crippen LogP contribution in [0.2, 0.25) is 0 Å². The summed E-state index contributed by atoms with van der Waals surface area (Å²) in [7, 11) is 1.53. The second-order valence-corrected chi connectivity index (χ2v) is 8.02. The highest BCUT2D eigenvalue weighted by Crippen LogP contribution is 2.56. The topological polar surface area (TPSA) is 72.9 Å². The highest BCUT2D eigenvalue weighted by atomic mass is 16.5. The number of esters is 1. The van der Waals surface area contributed by atoms with Gasteiger partial charge in [-0.05, 0) is 61.4 Å². The zero-order valence-electron chi connectivity index (χ0n) is 16.0. The molecule has 0 aromatic heterocycles. The molecule has 1 saturated heterocycles. The van der Waals surface area contributed by atoms with E-state index in [4.69, 9.17) is 9.47 Å². The number of carbonyl (C=O) groups excluding carboxylic acids is 3. The number of methoxy groups -OCH3 is 1. The Morgan fingerprint density at radius 1 is 0.931 bits per heavy atom. The van der Waals surface area contributed by atoms with E-state index in [0.717, 1.165) is 19.3 Å². The molecule has 3 aliphatic rings. The number of anilines is 1. The van der Waals surface area contributed by atoms with Crippen LogP contribution in [0.5, 0.6) is 11.5 Å². The number of imide groups is 1. The summed E-state index contributed by atoms with van der Waals surface area (Å²) in [6.07, 6.45) is 3.08. The maximum Gasteiger partial charge on any atom is 0.343 e. The number of hydrogen-bond donors (Lipinski definition) is 0. The Labute approximate surface area is 168 Å². The van der Waals surface area contributed by atoms with Crippen molar-refractivity contribution in [1.29, 1.82) is 0 Å². The zero-order chi connectivity index (χ0) is 20.1. The molecule has 2 aliphatic carbocycles. The van der Waals surface area contributed by atoms with E-state index in [-0.39, 0.29) is 29.4 Å². The van der Waals surface area contributed by atoms with Crippen LogP contribution in [0.1, 0.15) is 29.6 Å². The average molecular weight is 391 g/mol. The Hall–Kier alpha value is -3.15. The van der Waals surface area contributed by atoms with Crippen LogP contribution >= 0.6 is 0 Å². The van der Waals surface area contributed by atoms with E-state index >= 15 is 0 Å². The van der Waals surface area contributed by atoms with Crippen LogP contribution in [0.3, 0.4) is 0 Å². The van der Waals surface area contributed by atoms with Gasteiger partial charge in [0.25, 0.3) is 0 Å². The van der Waals surface area contributed by atoms with Crippen molar-refractivity contribution >= 4 is 23.5 Å². The summed E-state index contributed by atoms with van der Waals surface area (Å²) in [4.78, 5) is 39.8. The van der Waals surface area contributed by atoms with Crippen molar-refractivity contribution in [2.24, 2.45) is 23.7 Å². The van der Waals surface area contributed by atoms with Gasteiger partial charge in [-0.1, -0.05) is 12.1 Å². The molecule has 6 nitrogen and oxygen atoms in total. The predicted molar refractivity (Wildman–Crippen MR) is 105 cm³/mol. The third kappa shape index (κ3) is 2.82. The number of benzene rings is 2. The molecular formula is C23H21NO5. The van der Waals surface area contributed by atoms with Crippen LogP contribution < -0.4 is 14.4 Å². The summed E-state index contributed by atoms with van der Waals surface area (Å²) in [6.45, 7) is 0. The molecule has 148 valence electrons. The van der Waals surface area contributed by atoms with Crippen molar-refractivity contribution in [2.45, 2.75) is 19.3 Å². The molecule has 0 spiro atoms. The fourth-order valence-electron chi connectivity index (χ4n) is 5.27. The largest absolute Gasteiger partial charge is 0.497 e. The monoisotopic (exact) mass is 391 g/mol. The summed E-state index contributed by atoms with van der Waals surface area (Å²) in [5, 5.41) is 0. The number of fused-ring (bicyclic) bond motifs is 5. The average Bonchev–Trinajstić information content (AvgIpc) is 3.42. The molecule has 2 aromatic carbocycles. The van der Waals surface area contributed by atoms with Crippen LogP contribution in [-0.4, -0.2) is 24.9 Å². The predicted octanol–water partition coefficient (Wildman–Crippen LogP) is 3.45. The first-order valence-electron chi connectivity index (χ1n) is 9.91. The zero-order valence-corrected chi connectivity index (χ0v) is 16.0. The van der Waals surface area contributed by atoms with Crippen LogP contribution in [0.15, 0.2) is 48.5 Å². The molecule has 3 fully saturated rings. The maximum absolute atomic E-state index is 13.0. The Morgan fingerprint density at radius 2 is 1.59 bits per heavy atom. The van der Waals surface area contributed by atoms with Gasteiger partial charge in [0.15, 0.2) is 0 Å². The Balaban J connectivity index is 1.38. The van der Waals surface area contributed by atoms with Gasteiger partial charge < -0.3 is 9.47 Å². The van der Waals surface area contributed by atoms with E-state index in [0.29, 0.717) is 28.8 Å². The van der Waals surface area contributed by atoms with Gasteiger partial charge in [0, 0.05) is 6.07 Å². The lowest BCUT2D eigenvalue weighted by atomic mass is 9.81. The van der Waals surface area contributed by atoms with E-state index in [1.807, 2.05) is 0 Å². The van der Waals surface area contributed by atoms with Gasteiger partial charge >= 0.3 is 5.97 Å². The number of rotatable bonds is 4. The highest BCUT2D eigenvalue weighted by molar-refractivity contribution is 6.22. The number of hydrogen-bond acceptors (Lipinski definition) is 5. The smallest absolute Gasteiger partial charge is 0.343 e. The van der Waals surface area contributed by atoms with Crippen LogP contribution in [0.25, 0.3) is 0 Å². The lowest BCUT2D eigenvalue weighted by Gasteiger charge is -2.19. The molecule has 2 aromatic rings. The normalized spacial score (nSPS) is 27.3. The fourth-order valence-corrected chi connectivity index (χ4v) is 5.27. The number of carbonyl (C=O) groups is 3. The first kappa shape index (κ1) is 17.9. The van der Waals surface area contributed by atoms with Crippen molar-refractivity contribution < 1.29 is 23.9 Å². The summed E-state index contributed by atoms with van der Waals surface area (Å²) < 4.78 is 10.6. The molecule has 4 atom stereocenters. The molecule has 2 amide bonds. The van der Waals surface area contributed by atoms with Crippen molar-refractivity contribution in [1.82, 2.24) is 0 Å². The second kappa shape index (κ2) is 6.72. The lowest BCUT2D eigenvalue weighted by molar-refractivity contribution is -0.123. The molecule has 5 rings (SSSR count). The summed E-state index contributed by atoms with van der Waals surface area (Å²) in [6, 6.07) is 13.3. The molecule has 2 saturated carbocycles. The Bertz CT molecular complexity index is 988. The first-order valence-corrected chi connectivity index (χ1v) is 9.91. The van der Waals surface area contributed by atoms with Crippen LogP contribution in [0.4, 0.5) is 5.69 Å². The summed E-state index contributed by atoms with van der Waals surface area (Å²) >= 11 is 0. The van der Waals surface area contributed by atoms with Crippen molar-refractivity contribution in [3.8, 4) is 11.5 Å². The lowest BCUT2D eigenvalue weighted by Crippen LogP contribution is -2.32. The van der Waals surface area contributed by atoms with E-state index in [1.165, 1.54) is 12.0 Å². The summed E-state index contributed by atoms with van der Waals surface area (Å²) in [5.41, 5.74) is 0.818. The molecule has 29 heavy (non-hydrogen) atoms. The van der Waals surface area contributed by atoms with Gasteiger partial charge in [-0.3, -0.25) is 9.59 Å². The molecule has 0 unspecified atom stereocenters. The van der Waals surface area contributed by atoms with Crippen LogP contribution in [0, 0.1) is 23.7 Å². The van der Waals surface area contributed by atoms with Gasteiger partial charge in [0.05, 0.1) is 30.2 Å². The van der Waals surface area contributed by atoms with Crippen molar-refractivity contribution in [3.05, 3.63) is 54.1 Å². The summed E-state index contributed by atoms with van der Waals surface area (Å²) in [5.74, 6) is 0.412. The molecule has 2 bridgehead atoms.